The molecule has 0 amide bonds. The Morgan fingerprint density at radius 2 is 2.13 bits per heavy atom. The smallest absolute Gasteiger partial charge is 0.0775 e. The zero-order chi connectivity index (χ0) is 10.5. The molecule has 0 aliphatic carbocycles. The van der Waals surface area contributed by atoms with Gasteiger partial charge in [-0.05, 0) is 23.6 Å². The van der Waals surface area contributed by atoms with Gasteiger partial charge in [-0.1, -0.05) is 17.9 Å². The molecule has 0 aromatic carbocycles. The summed E-state index contributed by atoms with van der Waals surface area (Å²) < 4.78 is 0. The van der Waals surface area contributed by atoms with Crippen LogP contribution in [0.4, 0.5) is 0 Å². The normalized spacial score (nSPS) is 9.67. The second-order valence-corrected chi connectivity index (χ2v) is 4.95. The average molecular weight is 234 g/mol. The maximum atomic E-state index is 8.60. The number of aliphatic hydroxyl groups excluding tert-OH is 1. The Hall–Kier alpha value is -1.08. The van der Waals surface area contributed by atoms with Crippen molar-refractivity contribution < 1.29 is 5.11 Å². The van der Waals surface area contributed by atoms with Crippen LogP contribution >= 0.6 is 22.7 Å². The Morgan fingerprint density at radius 1 is 1.20 bits per heavy atom. The maximum absolute atomic E-state index is 8.60. The molecular formula is C12H10OS2. The van der Waals surface area contributed by atoms with Crippen LogP contribution in [0.2, 0.25) is 0 Å². The van der Waals surface area contributed by atoms with Crippen LogP contribution in [0.15, 0.2) is 29.6 Å². The number of rotatable bonds is 2. The van der Waals surface area contributed by atoms with Crippen LogP contribution in [0.5, 0.6) is 0 Å². The van der Waals surface area contributed by atoms with Gasteiger partial charge in [0.15, 0.2) is 0 Å². The SMILES string of the molecule is OCCC#Cc1ccc(-c2cccs2)s1. The highest BCUT2D eigenvalue weighted by Gasteiger charge is 2.01. The number of hydrogen-bond acceptors (Lipinski definition) is 3. The summed E-state index contributed by atoms with van der Waals surface area (Å²) >= 11 is 3.44. The summed E-state index contributed by atoms with van der Waals surface area (Å²) in [6.45, 7) is 0.135. The number of thiophene rings is 2. The van der Waals surface area contributed by atoms with E-state index in [2.05, 4.69) is 35.4 Å². The first-order valence-electron chi connectivity index (χ1n) is 4.63. The molecule has 15 heavy (non-hydrogen) atoms. The highest BCUT2D eigenvalue weighted by molar-refractivity contribution is 7.21. The highest BCUT2D eigenvalue weighted by atomic mass is 32.1. The van der Waals surface area contributed by atoms with Gasteiger partial charge in [0.2, 0.25) is 0 Å². The second-order valence-electron chi connectivity index (χ2n) is 2.92. The molecule has 3 heteroatoms. The van der Waals surface area contributed by atoms with Crippen molar-refractivity contribution in [3.8, 4) is 21.6 Å². The van der Waals surface area contributed by atoms with Crippen LogP contribution in [0, 0.1) is 11.8 Å². The van der Waals surface area contributed by atoms with Gasteiger partial charge in [-0.25, -0.2) is 0 Å². The predicted octanol–water partition coefficient (Wildman–Crippen LogP) is 3.21. The van der Waals surface area contributed by atoms with Crippen molar-refractivity contribution >= 4 is 22.7 Å². The molecule has 76 valence electrons. The lowest BCUT2D eigenvalue weighted by Gasteiger charge is -1.86. The summed E-state index contributed by atoms with van der Waals surface area (Å²) in [5.74, 6) is 5.96. The first kappa shape index (κ1) is 10.4. The molecule has 0 atom stereocenters. The molecule has 0 spiro atoms. The summed E-state index contributed by atoms with van der Waals surface area (Å²) in [5.41, 5.74) is 0. The van der Waals surface area contributed by atoms with E-state index in [0.717, 1.165) is 4.88 Å². The average Bonchev–Trinajstić information content (AvgIpc) is 2.87. The van der Waals surface area contributed by atoms with Gasteiger partial charge in [0.05, 0.1) is 11.5 Å². The Morgan fingerprint density at radius 3 is 2.87 bits per heavy atom. The van der Waals surface area contributed by atoms with Crippen molar-refractivity contribution in [2.45, 2.75) is 6.42 Å². The number of aliphatic hydroxyl groups is 1. The number of hydrogen-bond donors (Lipinski definition) is 1. The monoisotopic (exact) mass is 234 g/mol. The minimum Gasteiger partial charge on any atom is -0.395 e. The van der Waals surface area contributed by atoms with E-state index in [-0.39, 0.29) is 6.61 Å². The van der Waals surface area contributed by atoms with Gasteiger partial charge in [-0.15, -0.1) is 22.7 Å². The highest BCUT2D eigenvalue weighted by Crippen LogP contribution is 2.30. The zero-order valence-corrected chi connectivity index (χ0v) is 9.70. The van der Waals surface area contributed by atoms with Crippen molar-refractivity contribution in [1.82, 2.24) is 0 Å². The molecule has 2 aromatic heterocycles. The van der Waals surface area contributed by atoms with Gasteiger partial charge in [0, 0.05) is 16.2 Å². The molecule has 1 N–H and O–H groups in total. The zero-order valence-electron chi connectivity index (χ0n) is 8.06. The van der Waals surface area contributed by atoms with Crippen molar-refractivity contribution in [2.24, 2.45) is 0 Å². The third kappa shape index (κ3) is 2.69. The van der Waals surface area contributed by atoms with Gasteiger partial charge < -0.3 is 5.11 Å². The van der Waals surface area contributed by atoms with Crippen molar-refractivity contribution in [1.29, 1.82) is 0 Å². The largest absolute Gasteiger partial charge is 0.395 e. The first-order chi connectivity index (χ1) is 7.40. The fourth-order valence-corrected chi connectivity index (χ4v) is 2.88. The van der Waals surface area contributed by atoms with Gasteiger partial charge in [0.25, 0.3) is 0 Å². The van der Waals surface area contributed by atoms with Crippen LogP contribution in [0.25, 0.3) is 9.75 Å². The molecule has 0 aliphatic heterocycles. The molecule has 2 heterocycles. The lowest BCUT2D eigenvalue weighted by molar-refractivity contribution is 0.305. The van der Waals surface area contributed by atoms with Gasteiger partial charge in [-0.3, -0.25) is 0 Å². The molecule has 0 saturated carbocycles. The summed E-state index contributed by atoms with van der Waals surface area (Å²) in [6, 6.07) is 8.29. The summed E-state index contributed by atoms with van der Waals surface area (Å²) in [7, 11) is 0. The molecule has 2 rings (SSSR count). The molecule has 0 aliphatic rings. The minimum atomic E-state index is 0.135. The van der Waals surface area contributed by atoms with Crippen LogP contribution in [-0.2, 0) is 0 Å². The topological polar surface area (TPSA) is 20.2 Å². The quantitative estimate of drug-likeness (QED) is 0.791. The lowest BCUT2D eigenvalue weighted by atomic mass is 10.3. The summed E-state index contributed by atoms with van der Waals surface area (Å²) in [5, 5.41) is 10.7. The van der Waals surface area contributed by atoms with E-state index in [9.17, 15) is 0 Å². The summed E-state index contributed by atoms with van der Waals surface area (Å²) in [6.07, 6.45) is 0.548. The van der Waals surface area contributed by atoms with E-state index in [0.29, 0.717) is 6.42 Å². The predicted molar refractivity (Wildman–Crippen MR) is 66.2 cm³/mol. The van der Waals surface area contributed by atoms with E-state index >= 15 is 0 Å². The second kappa shape index (κ2) is 5.13. The van der Waals surface area contributed by atoms with Crippen molar-refractivity contribution in [3.05, 3.63) is 34.5 Å². The van der Waals surface area contributed by atoms with Crippen LogP contribution < -0.4 is 0 Å². The fourth-order valence-electron chi connectivity index (χ4n) is 1.16. The molecule has 1 nitrogen and oxygen atoms in total. The van der Waals surface area contributed by atoms with Crippen LogP contribution in [-0.4, -0.2) is 11.7 Å². The third-order valence-corrected chi connectivity index (χ3v) is 3.88. The molecule has 0 saturated heterocycles. The molecule has 0 fully saturated rings. The van der Waals surface area contributed by atoms with E-state index < -0.39 is 0 Å². The molecule has 0 bridgehead atoms. The standard InChI is InChI=1S/C12H10OS2/c13-8-2-1-4-10-6-7-12(15-10)11-5-3-9-14-11/h3,5-7,9,13H,2,8H2. The first-order valence-corrected chi connectivity index (χ1v) is 6.33. The Labute approximate surface area is 97.0 Å². The van der Waals surface area contributed by atoms with Crippen molar-refractivity contribution in [3.63, 3.8) is 0 Å². The maximum Gasteiger partial charge on any atom is 0.0775 e. The Bertz CT molecular complexity index is 471. The van der Waals surface area contributed by atoms with Gasteiger partial charge >= 0.3 is 0 Å². The fraction of sp³-hybridized carbons (Fsp3) is 0.167. The van der Waals surface area contributed by atoms with E-state index in [4.69, 9.17) is 5.11 Å². The lowest BCUT2D eigenvalue weighted by Crippen LogP contribution is -1.75. The molecule has 2 aromatic rings. The third-order valence-electron chi connectivity index (χ3n) is 1.82. The summed E-state index contributed by atoms with van der Waals surface area (Å²) in [4.78, 5) is 3.61. The van der Waals surface area contributed by atoms with E-state index in [1.54, 1.807) is 22.7 Å². The Kier molecular flexibility index (Phi) is 3.57. The van der Waals surface area contributed by atoms with Gasteiger partial charge in [0.1, 0.15) is 0 Å². The Balaban J connectivity index is 2.15. The van der Waals surface area contributed by atoms with E-state index in [1.807, 2.05) is 6.07 Å². The minimum absolute atomic E-state index is 0.135. The van der Waals surface area contributed by atoms with E-state index in [1.165, 1.54) is 9.75 Å². The van der Waals surface area contributed by atoms with Crippen LogP contribution in [0.3, 0.4) is 0 Å². The van der Waals surface area contributed by atoms with Gasteiger partial charge in [-0.2, -0.15) is 0 Å². The van der Waals surface area contributed by atoms with Crippen LogP contribution in [0.1, 0.15) is 11.3 Å². The van der Waals surface area contributed by atoms with Crippen molar-refractivity contribution in [2.75, 3.05) is 6.61 Å². The molecule has 0 radical (unpaired) electrons. The molecule has 0 unspecified atom stereocenters. The molecular weight excluding hydrogens is 224 g/mol.